The van der Waals surface area contributed by atoms with Crippen molar-refractivity contribution >= 4 is 15.9 Å². The zero-order valence-electron chi connectivity index (χ0n) is 7.23. The standard InChI is InChI=1S/C9H12BrNO/c1-6-7(5-11)3-8(12-2)4-9(6)10/h3-4H,5,11H2,1-2H3. The number of benzene rings is 1. The predicted octanol–water partition coefficient (Wildman–Crippen LogP) is 2.22. The molecule has 0 aliphatic carbocycles. The highest BCUT2D eigenvalue weighted by atomic mass is 79.9. The maximum absolute atomic E-state index is 5.57. The van der Waals surface area contributed by atoms with Gasteiger partial charge in [-0.2, -0.15) is 0 Å². The lowest BCUT2D eigenvalue weighted by Crippen LogP contribution is -2.00. The van der Waals surface area contributed by atoms with Crippen LogP contribution in [0.15, 0.2) is 16.6 Å². The van der Waals surface area contributed by atoms with Gasteiger partial charge in [0.1, 0.15) is 5.75 Å². The van der Waals surface area contributed by atoms with Crippen molar-refractivity contribution in [2.45, 2.75) is 13.5 Å². The molecule has 0 heterocycles. The molecule has 3 heteroatoms. The summed E-state index contributed by atoms with van der Waals surface area (Å²) >= 11 is 3.44. The van der Waals surface area contributed by atoms with Crippen molar-refractivity contribution in [3.63, 3.8) is 0 Å². The molecule has 0 amide bonds. The van der Waals surface area contributed by atoms with E-state index in [1.165, 1.54) is 5.56 Å². The molecule has 2 nitrogen and oxygen atoms in total. The Bertz CT molecular complexity index is 286. The minimum atomic E-state index is 0.543. The Morgan fingerprint density at radius 3 is 2.67 bits per heavy atom. The number of ether oxygens (including phenoxy) is 1. The first-order valence-corrected chi connectivity index (χ1v) is 4.51. The zero-order chi connectivity index (χ0) is 9.14. The van der Waals surface area contributed by atoms with E-state index < -0.39 is 0 Å². The number of halogens is 1. The van der Waals surface area contributed by atoms with Gasteiger partial charge in [0, 0.05) is 11.0 Å². The first-order chi connectivity index (χ1) is 5.69. The average molecular weight is 230 g/mol. The van der Waals surface area contributed by atoms with E-state index in [4.69, 9.17) is 10.5 Å². The largest absolute Gasteiger partial charge is 0.497 e. The minimum absolute atomic E-state index is 0.543. The number of hydrogen-bond donors (Lipinski definition) is 1. The lowest BCUT2D eigenvalue weighted by atomic mass is 10.1. The van der Waals surface area contributed by atoms with Gasteiger partial charge in [0.15, 0.2) is 0 Å². The van der Waals surface area contributed by atoms with E-state index in [2.05, 4.69) is 15.9 Å². The smallest absolute Gasteiger partial charge is 0.120 e. The third kappa shape index (κ3) is 1.79. The monoisotopic (exact) mass is 229 g/mol. The van der Waals surface area contributed by atoms with Crippen LogP contribution in [0.2, 0.25) is 0 Å². The van der Waals surface area contributed by atoms with Crippen molar-refractivity contribution in [3.8, 4) is 5.75 Å². The van der Waals surface area contributed by atoms with Crippen LogP contribution in [0.3, 0.4) is 0 Å². The Labute approximate surface area is 80.8 Å². The molecule has 0 aliphatic heterocycles. The van der Waals surface area contributed by atoms with E-state index in [0.717, 1.165) is 15.8 Å². The lowest BCUT2D eigenvalue weighted by Gasteiger charge is -2.08. The summed E-state index contributed by atoms with van der Waals surface area (Å²) in [4.78, 5) is 0. The second-order valence-corrected chi connectivity index (χ2v) is 3.45. The van der Waals surface area contributed by atoms with Gasteiger partial charge in [-0.3, -0.25) is 0 Å². The fraction of sp³-hybridized carbons (Fsp3) is 0.333. The van der Waals surface area contributed by atoms with Crippen molar-refractivity contribution in [3.05, 3.63) is 27.7 Å². The highest BCUT2D eigenvalue weighted by Crippen LogP contribution is 2.25. The quantitative estimate of drug-likeness (QED) is 0.845. The molecule has 0 unspecified atom stereocenters. The molecule has 66 valence electrons. The van der Waals surface area contributed by atoms with Crippen molar-refractivity contribution < 1.29 is 4.74 Å². The highest BCUT2D eigenvalue weighted by molar-refractivity contribution is 9.10. The Kier molecular flexibility index (Phi) is 3.12. The van der Waals surface area contributed by atoms with Crippen molar-refractivity contribution in [1.82, 2.24) is 0 Å². The number of methoxy groups -OCH3 is 1. The second kappa shape index (κ2) is 3.92. The fourth-order valence-corrected chi connectivity index (χ4v) is 1.52. The minimum Gasteiger partial charge on any atom is -0.497 e. The summed E-state index contributed by atoms with van der Waals surface area (Å²) in [6.07, 6.45) is 0. The van der Waals surface area contributed by atoms with Crippen LogP contribution in [-0.4, -0.2) is 7.11 Å². The maximum Gasteiger partial charge on any atom is 0.120 e. The topological polar surface area (TPSA) is 35.2 Å². The molecule has 0 fully saturated rings. The number of nitrogens with two attached hydrogens (primary N) is 1. The van der Waals surface area contributed by atoms with Gasteiger partial charge in [-0.15, -0.1) is 0 Å². The molecule has 1 aromatic rings. The molecule has 0 radical (unpaired) electrons. The van der Waals surface area contributed by atoms with Crippen LogP contribution in [0.25, 0.3) is 0 Å². The van der Waals surface area contributed by atoms with Crippen molar-refractivity contribution in [2.24, 2.45) is 5.73 Å². The predicted molar refractivity (Wildman–Crippen MR) is 53.3 cm³/mol. The van der Waals surface area contributed by atoms with Gasteiger partial charge in [-0.25, -0.2) is 0 Å². The Hall–Kier alpha value is -0.540. The van der Waals surface area contributed by atoms with E-state index in [9.17, 15) is 0 Å². The number of rotatable bonds is 2. The molecular formula is C9H12BrNO. The van der Waals surface area contributed by atoms with Gasteiger partial charge in [0.25, 0.3) is 0 Å². The summed E-state index contributed by atoms with van der Waals surface area (Å²) < 4.78 is 6.15. The molecule has 0 saturated carbocycles. The van der Waals surface area contributed by atoms with E-state index in [1.807, 2.05) is 19.1 Å². The molecule has 1 rings (SSSR count). The van der Waals surface area contributed by atoms with E-state index >= 15 is 0 Å². The summed E-state index contributed by atoms with van der Waals surface area (Å²) in [6.45, 7) is 2.58. The van der Waals surface area contributed by atoms with Crippen LogP contribution < -0.4 is 10.5 Å². The normalized spacial score (nSPS) is 10.0. The summed E-state index contributed by atoms with van der Waals surface area (Å²) in [5, 5.41) is 0. The van der Waals surface area contributed by atoms with Crippen LogP contribution in [-0.2, 0) is 6.54 Å². The van der Waals surface area contributed by atoms with Gasteiger partial charge < -0.3 is 10.5 Å². The van der Waals surface area contributed by atoms with Crippen LogP contribution in [0.4, 0.5) is 0 Å². The van der Waals surface area contributed by atoms with E-state index in [1.54, 1.807) is 7.11 Å². The van der Waals surface area contributed by atoms with Crippen LogP contribution >= 0.6 is 15.9 Å². The Morgan fingerprint density at radius 1 is 1.50 bits per heavy atom. The number of hydrogen-bond acceptors (Lipinski definition) is 2. The lowest BCUT2D eigenvalue weighted by molar-refractivity contribution is 0.414. The van der Waals surface area contributed by atoms with Gasteiger partial charge in [0.2, 0.25) is 0 Å². The van der Waals surface area contributed by atoms with Crippen LogP contribution in [0.5, 0.6) is 5.75 Å². The summed E-state index contributed by atoms with van der Waals surface area (Å²) in [5.74, 6) is 0.841. The third-order valence-electron chi connectivity index (χ3n) is 1.88. The Balaban J connectivity index is 3.19. The molecule has 0 aromatic heterocycles. The highest BCUT2D eigenvalue weighted by Gasteiger charge is 2.03. The van der Waals surface area contributed by atoms with Crippen LogP contribution in [0.1, 0.15) is 11.1 Å². The summed E-state index contributed by atoms with van der Waals surface area (Å²) in [6, 6.07) is 3.90. The first kappa shape index (κ1) is 9.55. The molecule has 1 aromatic carbocycles. The summed E-state index contributed by atoms with van der Waals surface area (Å²) in [7, 11) is 1.65. The molecule has 0 atom stereocenters. The molecule has 0 saturated heterocycles. The molecule has 0 spiro atoms. The van der Waals surface area contributed by atoms with E-state index in [0.29, 0.717) is 6.54 Å². The molecule has 0 aliphatic rings. The molecular weight excluding hydrogens is 218 g/mol. The van der Waals surface area contributed by atoms with Gasteiger partial charge in [-0.05, 0) is 30.2 Å². The second-order valence-electron chi connectivity index (χ2n) is 2.60. The zero-order valence-corrected chi connectivity index (χ0v) is 8.81. The van der Waals surface area contributed by atoms with Gasteiger partial charge in [0.05, 0.1) is 7.11 Å². The van der Waals surface area contributed by atoms with Crippen molar-refractivity contribution in [1.29, 1.82) is 0 Å². The van der Waals surface area contributed by atoms with Crippen LogP contribution in [0, 0.1) is 6.92 Å². The van der Waals surface area contributed by atoms with Gasteiger partial charge in [-0.1, -0.05) is 15.9 Å². The molecule has 12 heavy (non-hydrogen) atoms. The summed E-state index contributed by atoms with van der Waals surface area (Å²) in [5.41, 5.74) is 7.86. The first-order valence-electron chi connectivity index (χ1n) is 3.72. The SMILES string of the molecule is COc1cc(Br)c(C)c(CN)c1. The van der Waals surface area contributed by atoms with Crippen molar-refractivity contribution in [2.75, 3.05) is 7.11 Å². The third-order valence-corrected chi connectivity index (χ3v) is 2.70. The van der Waals surface area contributed by atoms with E-state index in [-0.39, 0.29) is 0 Å². The Morgan fingerprint density at radius 2 is 2.17 bits per heavy atom. The van der Waals surface area contributed by atoms with Gasteiger partial charge >= 0.3 is 0 Å². The molecule has 2 N–H and O–H groups in total. The fourth-order valence-electron chi connectivity index (χ4n) is 1.04. The molecule has 0 bridgehead atoms. The average Bonchev–Trinajstić information content (AvgIpc) is 2.09. The maximum atomic E-state index is 5.57.